The number of rotatable bonds is 2. The molecule has 3 rings (SSSR count). The number of aromatic nitrogens is 1. The maximum absolute atomic E-state index is 8.57. The fourth-order valence-electron chi connectivity index (χ4n) is 2.64. The van der Waals surface area contributed by atoms with Gasteiger partial charge in [-0.25, -0.2) is 4.98 Å². The lowest BCUT2D eigenvalue weighted by Gasteiger charge is -2.29. The van der Waals surface area contributed by atoms with E-state index in [0.717, 1.165) is 18.8 Å². The zero-order valence-electron chi connectivity index (χ0n) is 9.17. The lowest BCUT2D eigenvalue weighted by atomic mass is 10.2. The van der Waals surface area contributed by atoms with Gasteiger partial charge in [-0.15, -0.1) is 0 Å². The van der Waals surface area contributed by atoms with E-state index in [9.17, 15) is 0 Å². The average molecular weight is 253 g/mol. The molecule has 17 heavy (non-hydrogen) atoms. The maximum Gasteiger partial charge on any atom is 0.138 e. The maximum atomic E-state index is 8.57. The van der Waals surface area contributed by atoms with Gasteiger partial charge < -0.3 is 15.4 Å². The number of halogens is 1. The highest BCUT2D eigenvalue weighted by Gasteiger charge is 2.37. The van der Waals surface area contributed by atoms with Gasteiger partial charge in [-0.2, -0.15) is 0 Å². The van der Waals surface area contributed by atoms with Crippen LogP contribution in [-0.4, -0.2) is 41.6 Å². The molecule has 90 valence electrons. The first-order chi connectivity index (χ1) is 8.28. The van der Waals surface area contributed by atoms with E-state index in [-0.39, 0.29) is 0 Å². The first kappa shape index (κ1) is 10.8. The Morgan fingerprint density at radius 1 is 1.65 bits per heavy atom. The number of piperazine rings is 1. The van der Waals surface area contributed by atoms with Crippen molar-refractivity contribution in [3.8, 4) is 0 Å². The first-order valence-corrected chi connectivity index (χ1v) is 5.98. The Kier molecular flexibility index (Phi) is 2.64. The molecule has 0 aromatic carbocycles. The minimum atomic E-state index is 0.356. The topological polar surface area (TPSA) is 60.8 Å². The van der Waals surface area contributed by atoms with Gasteiger partial charge in [0, 0.05) is 30.7 Å². The zero-order chi connectivity index (χ0) is 11.8. The summed E-state index contributed by atoms with van der Waals surface area (Å²) in [5, 5.41) is 15.4. The minimum Gasteiger partial charge on any atom is -0.411 e. The first-order valence-electron chi connectivity index (χ1n) is 5.61. The van der Waals surface area contributed by atoms with Gasteiger partial charge in [0.05, 0.1) is 18.1 Å². The third kappa shape index (κ3) is 1.85. The van der Waals surface area contributed by atoms with Crippen LogP contribution in [0.2, 0.25) is 5.15 Å². The molecule has 3 heterocycles. The van der Waals surface area contributed by atoms with Crippen molar-refractivity contribution >= 4 is 23.5 Å². The van der Waals surface area contributed by atoms with Crippen molar-refractivity contribution in [1.82, 2.24) is 10.3 Å². The molecule has 0 amide bonds. The van der Waals surface area contributed by atoms with Crippen molar-refractivity contribution in [3.05, 3.63) is 23.0 Å². The summed E-state index contributed by atoms with van der Waals surface area (Å²) in [5.41, 5.74) is 1.68. The van der Waals surface area contributed by atoms with Crippen LogP contribution in [0, 0.1) is 0 Å². The molecule has 2 aliphatic heterocycles. The van der Waals surface area contributed by atoms with Crippen molar-refractivity contribution in [2.75, 3.05) is 18.0 Å². The van der Waals surface area contributed by atoms with Gasteiger partial charge in [0.2, 0.25) is 0 Å². The molecule has 0 radical (unpaired) electrons. The smallest absolute Gasteiger partial charge is 0.138 e. The number of anilines is 1. The Bertz CT molecular complexity index is 465. The summed E-state index contributed by atoms with van der Waals surface area (Å²) in [4.78, 5) is 6.46. The van der Waals surface area contributed by atoms with Gasteiger partial charge in [-0.1, -0.05) is 16.8 Å². The monoisotopic (exact) mass is 252 g/mol. The van der Waals surface area contributed by atoms with Crippen LogP contribution in [0.25, 0.3) is 0 Å². The predicted molar refractivity (Wildman–Crippen MR) is 66.2 cm³/mol. The molecule has 0 unspecified atom stereocenters. The molecule has 2 aliphatic rings. The van der Waals surface area contributed by atoms with Crippen LogP contribution in [0.5, 0.6) is 0 Å². The average Bonchev–Trinajstić information content (AvgIpc) is 2.94. The molecule has 0 saturated carbocycles. The van der Waals surface area contributed by atoms with Gasteiger partial charge in [0.15, 0.2) is 0 Å². The molecule has 1 aromatic rings. The second kappa shape index (κ2) is 4.16. The van der Waals surface area contributed by atoms with E-state index in [1.807, 2.05) is 6.07 Å². The lowest BCUT2D eigenvalue weighted by molar-refractivity contribution is 0.322. The predicted octanol–water partition coefficient (Wildman–Crippen LogP) is 1.09. The highest BCUT2D eigenvalue weighted by atomic mass is 35.5. The van der Waals surface area contributed by atoms with Crippen LogP contribution in [-0.2, 0) is 0 Å². The van der Waals surface area contributed by atoms with Crippen molar-refractivity contribution < 1.29 is 5.21 Å². The summed E-state index contributed by atoms with van der Waals surface area (Å²) >= 11 is 5.92. The van der Waals surface area contributed by atoms with Crippen LogP contribution in [0.1, 0.15) is 12.0 Å². The van der Waals surface area contributed by atoms with Crippen LogP contribution in [0.3, 0.4) is 0 Å². The molecular formula is C11H13ClN4O. The van der Waals surface area contributed by atoms with E-state index in [4.69, 9.17) is 16.8 Å². The molecule has 1 aromatic heterocycles. The molecule has 2 N–H and O–H groups in total. The Morgan fingerprint density at radius 2 is 2.53 bits per heavy atom. The minimum absolute atomic E-state index is 0.356. The molecule has 2 saturated heterocycles. The number of fused-ring (bicyclic) bond motifs is 2. The molecule has 5 nitrogen and oxygen atoms in total. The quantitative estimate of drug-likeness (QED) is 0.358. The molecule has 0 spiro atoms. The fraction of sp³-hybridized carbons (Fsp3) is 0.455. The summed E-state index contributed by atoms with van der Waals surface area (Å²) in [6, 6.07) is 3.04. The Balaban J connectivity index is 1.91. The van der Waals surface area contributed by atoms with E-state index >= 15 is 0 Å². The van der Waals surface area contributed by atoms with E-state index < -0.39 is 0 Å². The Morgan fingerprint density at radius 3 is 3.18 bits per heavy atom. The number of hydrogen-bond donors (Lipinski definition) is 2. The van der Waals surface area contributed by atoms with Gasteiger partial charge in [-0.3, -0.25) is 0 Å². The van der Waals surface area contributed by atoms with Crippen LogP contribution >= 0.6 is 11.6 Å². The van der Waals surface area contributed by atoms with E-state index in [1.54, 1.807) is 6.20 Å². The largest absolute Gasteiger partial charge is 0.411 e. The molecule has 2 atom stereocenters. The summed E-state index contributed by atoms with van der Waals surface area (Å²) in [6.45, 7) is 2.03. The number of oxime groups is 1. The fourth-order valence-corrected chi connectivity index (χ4v) is 2.79. The summed E-state index contributed by atoms with van der Waals surface area (Å²) in [5.74, 6) is 0. The van der Waals surface area contributed by atoms with Gasteiger partial charge in [-0.05, 0) is 12.5 Å². The third-order valence-corrected chi connectivity index (χ3v) is 3.75. The molecule has 2 bridgehead atoms. The highest BCUT2D eigenvalue weighted by molar-refractivity contribution is 6.31. The number of hydrogen-bond acceptors (Lipinski definition) is 5. The van der Waals surface area contributed by atoms with Crippen molar-refractivity contribution in [1.29, 1.82) is 0 Å². The normalized spacial score (nSPS) is 27.2. The van der Waals surface area contributed by atoms with E-state index in [1.165, 1.54) is 12.6 Å². The number of pyridine rings is 1. The molecule has 0 aliphatic carbocycles. The summed E-state index contributed by atoms with van der Waals surface area (Å²) in [6.07, 6.45) is 4.27. The van der Waals surface area contributed by atoms with Crippen molar-refractivity contribution in [3.63, 3.8) is 0 Å². The second-order valence-corrected chi connectivity index (χ2v) is 4.82. The van der Waals surface area contributed by atoms with Gasteiger partial charge in [0.25, 0.3) is 0 Å². The molecule has 6 heteroatoms. The molecular weight excluding hydrogens is 240 g/mol. The van der Waals surface area contributed by atoms with Crippen molar-refractivity contribution in [2.45, 2.75) is 18.5 Å². The second-order valence-electron chi connectivity index (χ2n) is 4.47. The summed E-state index contributed by atoms with van der Waals surface area (Å²) < 4.78 is 0. The SMILES string of the molecule is ON=Cc1cc(N2C[C@H]3C[C@@H]2CN3)cnc1Cl. The highest BCUT2D eigenvalue weighted by Crippen LogP contribution is 2.30. The Hall–Kier alpha value is -1.33. The third-order valence-electron chi connectivity index (χ3n) is 3.44. The van der Waals surface area contributed by atoms with E-state index in [2.05, 4.69) is 20.4 Å². The van der Waals surface area contributed by atoms with Crippen LogP contribution in [0.15, 0.2) is 17.4 Å². The zero-order valence-corrected chi connectivity index (χ0v) is 9.93. The Labute approximate surface area is 104 Å². The van der Waals surface area contributed by atoms with Gasteiger partial charge >= 0.3 is 0 Å². The standard InChI is InChI=1S/C11H13ClN4O/c12-11-7(3-15-17)1-9(5-14-11)16-6-8-2-10(16)4-13-8/h1,3,5,8,10,13,17H,2,4,6H2/t8-,10-/m1/s1. The number of nitrogens with one attached hydrogen (secondary N) is 1. The summed E-state index contributed by atoms with van der Waals surface area (Å²) in [7, 11) is 0. The number of nitrogens with zero attached hydrogens (tertiary/aromatic N) is 3. The molecule has 2 fully saturated rings. The van der Waals surface area contributed by atoms with Gasteiger partial charge in [0.1, 0.15) is 5.15 Å². The van der Waals surface area contributed by atoms with Crippen LogP contribution in [0.4, 0.5) is 5.69 Å². The van der Waals surface area contributed by atoms with Crippen LogP contribution < -0.4 is 10.2 Å². The lowest BCUT2D eigenvalue weighted by Crippen LogP contribution is -2.43. The van der Waals surface area contributed by atoms with Crippen molar-refractivity contribution in [2.24, 2.45) is 5.16 Å². The van der Waals surface area contributed by atoms with E-state index in [0.29, 0.717) is 22.8 Å².